The first-order valence-corrected chi connectivity index (χ1v) is 7.98. The van der Waals surface area contributed by atoms with Gasteiger partial charge in [0.2, 0.25) is 0 Å². The van der Waals surface area contributed by atoms with Gasteiger partial charge >= 0.3 is 12.0 Å². The predicted octanol–water partition coefficient (Wildman–Crippen LogP) is 2.61. The van der Waals surface area contributed by atoms with Crippen LogP contribution in [-0.2, 0) is 6.54 Å². The van der Waals surface area contributed by atoms with Crippen LogP contribution in [0.1, 0.15) is 55.0 Å². The van der Waals surface area contributed by atoms with Crippen molar-refractivity contribution in [1.82, 2.24) is 15.6 Å². The van der Waals surface area contributed by atoms with Crippen LogP contribution in [0.25, 0.3) is 0 Å². The SMILES string of the molecule is CC1(C)CCCCC1NC(=O)NCc1nc(C(=O)O)cs1. The Labute approximate surface area is 128 Å². The van der Waals surface area contributed by atoms with Gasteiger partial charge in [0.15, 0.2) is 5.69 Å². The molecule has 6 nitrogen and oxygen atoms in total. The maximum Gasteiger partial charge on any atom is 0.355 e. The highest BCUT2D eigenvalue weighted by Gasteiger charge is 2.33. The number of hydrogen-bond donors (Lipinski definition) is 3. The van der Waals surface area contributed by atoms with E-state index in [0.717, 1.165) is 19.3 Å². The van der Waals surface area contributed by atoms with E-state index >= 15 is 0 Å². The summed E-state index contributed by atoms with van der Waals surface area (Å²) >= 11 is 1.23. The highest BCUT2D eigenvalue weighted by molar-refractivity contribution is 7.09. The van der Waals surface area contributed by atoms with Crippen LogP contribution < -0.4 is 10.6 Å². The summed E-state index contributed by atoms with van der Waals surface area (Å²) in [6.07, 6.45) is 4.47. The number of nitrogens with zero attached hydrogens (tertiary/aromatic N) is 1. The summed E-state index contributed by atoms with van der Waals surface area (Å²) in [7, 11) is 0. The van der Waals surface area contributed by atoms with Crippen molar-refractivity contribution in [3.63, 3.8) is 0 Å². The van der Waals surface area contributed by atoms with Crippen LogP contribution in [0.3, 0.4) is 0 Å². The fourth-order valence-electron chi connectivity index (χ4n) is 2.62. The van der Waals surface area contributed by atoms with Crippen molar-refractivity contribution in [1.29, 1.82) is 0 Å². The Morgan fingerprint density at radius 2 is 2.24 bits per heavy atom. The van der Waals surface area contributed by atoms with Crippen LogP contribution in [-0.4, -0.2) is 28.1 Å². The van der Waals surface area contributed by atoms with Crippen molar-refractivity contribution >= 4 is 23.3 Å². The lowest BCUT2D eigenvalue weighted by Gasteiger charge is -2.38. The molecule has 0 spiro atoms. The minimum absolute atomic E-state index is 0.0191. The number of amides is 2. The van der Waals surface area contributed by atoms with E-state index in [-0.39, 0.29) is 29.7 Å². The lowest BCUT2D eigenvalue weighted by atomic mass is 9.73. The normalized spacial score (nSPS) is 20.8. The quantitative estimate of drug-likeness (QED) is 0.797. The number of carboxylic acid groups (broad SMARTS) is 1. The molecule has 1 saturated carbocycles. The number of aromatic nitrogens is 1. The molecule has 1 aromatic rings. The number of carbonyl (C=O) groups is 2. The molecule has 1 unspecified atom stereocenters. The van der Waals surface area contributed by atoms with E-state index in [1.807, 2.05) is 0 Å². The third-order valence-electron chi connectivity index (χ3n) is 3.98. The van der Waals surface area contributed by atoms with Crippen LogP contribution in [0.4, 0.5) is 4.79 Å². The Hall–Kier alpha value is -1.63. The molecule has 21 heavy (non-hydrogen) atoms. The maximum atomic E-state index is 12.0. The number of rotatable bonds is 4. The fraction of sp³-hybridized carbons (Fsp3) is 0.643. The van der Waals surface area contributed by atoms with Gasteiger partial charge in [-0.25, -0.2) is 14.6 Å². The van der Waals surface area contributed by atoms with Gasteiger partial charge in [-0.15, -0.1) is 11.3 Å². The summed E-state index contributed by atoms with van der Waals surface area (Å²) in [5.41, 5.74) is 0.137. The standard InChI is InChI=1S/C14H21N3O3S/c1-14(2)6-4-3-5-10(14)17-13(20)15-7-11-16-9(8-21-11)12(18)19/h8,10H,3-7H2,1-2H3,(H,18,19)(H2,15,17,20). The third-order valence-corrected chi connectivity index (χ3v) is 4.83. The Morgan fingerprint density at radius 1 is 1.48 bits per heavy atom. The summed E-state index contributed by atoms with van der Waals surface area (Å²) < 4.78 is 0. The molecule has 0 saturated heterocycles. The highest BCUT2D eigenvalue weighted by atomic mass is 32.1. The van der Waals surface area contributed by atoms with Gasteiger partial charge in [-0.3, -0.25) is 0 Å². The Kier molecular flexibility index (Phi) is 4.82. The first-order valence-electron chi connectivity index (χ1n) is 7.10. The van der Waals surface area contributed by atoms with E-state index in [9.17, 15) is 9.59 Å². The number of carboxylic acids is 1. The summed E-state index contributed by atoms with van der Waals surface area (Å²) in [4.78, 5) is 26.6. The summed E-state index contributed by atoms with van der Waals surface area (Å²) in [5, 5.41) is 16.6. The molecule has 1 fully saturated rings. The second-order valence-corrected chi connectivity index (χ2v) is 6.99. The molecule has 2 rings (SSSR count). The lowest BCUT2D eigenvalue weighted by Crippen LogP contribution is -2.50. The van der Waals surface area contributed by atoms with Crippen molar-refractivity contribution in [2.75, 3.05) is 0 Å². The Balaban J connectivity index is 1.82. The summed E-state index contributed by atoms with van der Waals surface area (Å²) in [6, 6.07) is -0.0424. The summed E-state index contributed by atoms with van der Waals surface area (Å²) in [6.45, 7) is 4.60. The molecule has 1 aliphatic rings. The zero-order valence-corrected chi connectivity index (χ0v) is 13.1. The minimum Gasteiger partial charge on any atom is -0.476 e. The smallest absolute Gasteiger partial charge is 0.355 e. The number of aromatic carboxylic acids is 1. The predicted molar refractivity (Wildman–Crippen MR) is 80.5 cm³/mol. The molecule has 1 heterocycles. The minimum atomic E-state index is -1.05. The average Bonchev–Trinajstić information content (AvgIpc) is 2.88. The molecule has 2 amide bonds. The molecule has 1 aromatic heterocycles. The van der Waals surface area contributed by atoms with Crippen LogP contribution in [0.5, 0.6) is 0 Å². The Morgan fingerprint density at radius 3 is 2.86 bits per heavy atom. The number of hydrogen-bond acceptors (Lipinski definition) is 4. The van der Waals surface area contributed by atoms with Crippen LogP contribution in [0.2, 0.25) is 0 Å². The third kappa shape index (κ3) is 4.17. The van der Waals surface area contributed by atoms with Crippen molar-refractivity contribution < 1.29 is 14.7 Å². The molecule has 7 heteroatoms. The Bertz CT molecular complexity index is 527. The molecular weight excluding hydrogens is 290 g/mol. The molecule has 0 radical (unpaired) electrons. The van der Waals surface area contributed by atoms with E-state index in [2.05, 4.69) is 29.5 Å². The molecule has 0 bridgehead atoms. The van der Waals surface area contributed by atoms with Gasteiger partial charge in [0.05, 0.1) is 6.54 Å². The second-order valence-electron chi connectivity index (χ2n) is 6.05. The highest BCUT2D eigenvalue weighted by Crippen LogP contribution is 2.35. The average molecular weight is 311 g/mol. The van der Waals surface area contributed by atoms with E-state index < -0.39 is 5.97 Å². The van der Waals surface area contributed by atoms with Gasteiger partial charge in [0.1, 0.15) is 5.01 Å². The first kappa shape index (κ1) is 15.8. The molecule has 0 aromatic carbocycles. The van der Waals surface area contributed by atoms with Crippen LogP contribution >= 0.6 is 11.3 Å². The largest absolute Gasteiger partial charge is 0.476 e. The molecule has 0 aliphatic heterocycles. The van der Waals surface area contributed by atoms with Crippen molar-refractivity contribution in [3.8, 4) is 0 Å². The topological polar surface area (TPSA) is 91.3 Å². The van der Waals surface area contributed by atoms with E-state index in [4.69, 9.17) is 5.11 Å². The molecule has 1 atom stereocenters. The second kappa shape index (κ2) is 6.43. The van der Waals surface area contributed by atoms with Crippen molar-refractivity contribution in [2.45, 2.75) is 52.1 Å². The van der Waals surface area contributed by atoms with Crippen LogP contribution in [0, 0.1) is 5.41 Å². The first-order chi connectivity index (χ1) is 9.88. The number of carbonyl (C=O) groups excluding carboxylic acids is 1. The van der Waals surface area contributed by atoms with E-state index in [0.29, 0.717) is 5.01 Å². The zero-order valence-electron chi connectivity index (χ0n) is 12.3. The van der Waals surface area contributed by atoms with Gasteiger partial charge in [-0.05, 0) is 18.3 Å². The summed E-state index contributed by atoms with van der Waals surface area (Å²) in [5.74, 6) is -1.05. The molecule has 1 aliphatic carbocycles. The van der Waals surface area contributed by atoms with Crippen LogP contribution in [0.15, 0.2) is 5.38 Å². The molecular formula is C14H21N3O3S. The van der Waals surface area contributed by atoms with Gasteiger partial charge in [-0.1, -0.05) is 26.7 Å². The van der Waals surface area contributed by atoms with Gasteiger partial charge in [0.25, 0.3) is 0 Å². The van der Waals surface area contributed by atoms with Gasteiger partial charge < -0.3 is 15.7 Å². The fourth-order valence-corrected chi connectivity index (χ4v) is 3.32. The van der Waals surface area contributed by atoms with Crippen molar-refractivity contribution in [3.05, 3.63) is 16.1 Å². The molecule has 116 valence electrons. The number of thiazole rings is 1. The van der Waals surface area contributed by atoms with Crippen molar-refractivity contribution in [2.24, 2.45) is 5.41 Å². The molecule has 3 N–H and O–H groups in total. The van der Waals surface area contributed by atoms with Gasteiger partial charge in [-0.2, -0.15) is 0 Å². The van der Waals surface area contributed by atoms with E-state index in [1.54, 1.807) is 0 Å². The van der Waals surface area contributed by atoms with E-state index in [1.165, 1.54) is 23.1 Å². The zero-order chi connectivity index (χ0) is 15.5. The lowest BCUT2D eigenvalue weighted by molar-refractivity contribution is 0.0691. The monoisotopic (exact) mass is 311 g/mol. The van der Waals surface area contributed by atoms with Gasteiger partial charge in [0, 0.05) is 11.4 Å². The number of urea groups is 1. The number of nitrogens with one attached hydrogen (secondary N) is 2. The maximum absolute atomic E-state index is 12.0.